The predicted molar refractivity (Wildman–Crippen MR) is 78.6 cm³/mol. The van der Waals surface area contributed by atoms with E-state index in [1.54, 1.807) is 0 Å². The normalized spacial score (nSPS) is 15.6. The van der Waals surface area contributed by atoms with Gasteiger partial charge < -0.3 is 10.6 Å². The van der Waals surface area contributed by atoms with E-state index in [1.165, 1.54) is 31.4 Å². The molecule has 0 atom stereocenters. The Balaban J connectivity index is 1.84. The van der Waals surface area contributed by atoms with Crippen LogP contribution in [0.15, 0.2) is 24.3 Å². The van der Waals surface area contributed by atoms with E-state index in [2.05, 4.69) is 30.9 Å². The second kappa shape index (κ2) is 6.24. The average Bonchev–Trinajstić information content (AvgIpc) is 3.15. The molecule has 0 unspecified atom stereocenters. The number of anilines is 1. The minimum Gasteiger partial charge on any atom is -0.399 e. The van der Waals surface area contributed by atoms with Crippen LogP contribution in [0.25, 0.3) is 0 Å². The molecule has 2 rings (SSSR count). The minimum atomic E-state index is 0.799. The van der Waals surface area contributed by atoms with Gasteiger partial charge in [0.15, 0.2) is 0 Å². The molecule has 1 fully saturated rings. The maximum atomic E-state index is 6.00. The second-order valence-corrected chi connectivity index (χ2v) is 5.90. The molecule has 1 aromatic rings. The maximum Gasteiger partial charge on any atom is 0.0347 e. The van der Waals surface area contributed by atoms with Gasteiger partial charge in [0.05, 0.1) is 0 Å². The zero-order chi connectivity index (χ0) is 13.0. The molecule has 2 heteroatoms. The number of hydrogen-bond acceptors (Lipinski definition) is 2. The van der Waals surface area contributed by atoms with Crippen LogP contribution < -0.4 is 5.73 Å². The molecule has 0 aliphatic heterocycles. The van der Waals surface area contributed by atoms with Crippen LogP contribution in [0.5, 0.6) is 0 Å². The zero-order valence-electron chi connectivity index (χ0n) is 11.7. The molecule has 0 amide bonds. The predicted octanol–water partition coefficient (Wildman–Crippen LogP) is 3.32. The quantitative estimate of drug-likeness (QED) is 0.748. The first kappa shape index (κ1) is 13.4. The largest absolute Gasteiger partial charge is 0.399 e. The molecular formula is C16H26N2. The summed E-state index contributed by atoms with van der Waals surface area (Å²) in [5.74, 6) is 0.799. The van der Waals surface area contributed by atoms with Crippen molar-refractivity contribution in [3.8, 4) is 0 Å². The highest BCUT2D eigenvalue weighted by molar-refractivity contribution is 5.46. The van der Waals surface area contributed by atoms with Crippen molar-refractivity contribution in [2.24, 2.45) is 5.92 Å². The van der Waals surface area contributed by atoms with E-state index < -0.39 is 0 Å². The summed E-state index contributed by atoms with van der Waals surface area (Å²) in [5.41, 5.74) is 8.24. The number of para-hydroxylation sites is 1. The van der Waals surface area contributed by atoms with Crippen LogP contribution in [0.1, 0.15) is 38.7 Å². The lowest BCUT2D eigenvalue weighted by Gasteiger charge is -2.23. The lowest BCUT2D eigenvalue weighted by Crippen LogP contribution is -2.30. The van der Waals surface area contributed by atoms with E-state index in [1.807, 2.05) is 12.1 Å². The summed E-state index contributed by atoms with van der Waals surface area (Å²) >= 11 is 0. The van der Waals surface area contributed by atoms with Crippen molar-refractivity contribution in [3.63, 3.8) is 0 Å². The Morgan fingerprint density at radius 1 is 1.22 bits per heavy atom. The van der Waals surface area contributed by atoms with Crippen molar-refractivity contribution in [2.45, 2.75) is 45.6 Å². The highest BCUT2D eigenvalue weighted by atomic mass is 15.2. The molecule has 0 saturated heterocycles. The fraction of sp³-hybridized carbons (Fsp3) is 0.625. The molecule has 1 saturated carbocycles. The Kier molecular flexibility index (Phi) is 4.65. The number of rotatable bonds is 7. The molecule has 1 aliphatic rings. The second-order valence-electron chi connectivity index (χ2n) is 5.90. The topological polar surface area (TPSA) is 29.3 Å². The van der Waals surface area contributed by atoms with Gasteiger partial charge in [-0.05, 0) is 49.8 Å². The zero-order valence-corrected chi connectivity index (χ0v) is 11.7. The summed E-state index contributed by atoms with van der Waals surface area (Å²) in [6.45, 7) is 7.02. The molecule has 1 aromatic carbocycles. The minimum absolute atomic E-state index is 0.799. The van der Waals surface area contributed by atoms with Crippen LogP contribution in [0, 0.1) is 5.92 Å². The first-order chi connectivity index (χ1) is 8.66. The van der Waals surface area contributed by atoms with Crippen LogP contribution in [0.4, 0.5) is 5.69 Å². The summed E-state index contributed by atoms with van der Waals surface area (Å²) in [7, 11) is 0. The van der Waals surface area contributed by atoms with Crippen LogP contribution in [0.3, 0.4) is 0 Å². The van der Waals surface area contributed by atoms with Gasteiger partial charge in [0, 0.05) is 18.3 Å². The van der Waals surface area contributed by atoms with Gasteiger partial charge >= 0.3 is 0 Å². The molecule has 0 bridgehead atoms. The van der Waals surface area contributed by atoms with E-state index in [9.17, 15) is 0 Å². The van der Waals surface area contributed by atoms with Crippen molar-refractivity contribution >= 4 is 5.69 Å². The van der Waals surface area contributed by atoms with Crippen LogP contribution in [-0.4, -0.2) is 24.0 Å². The smallest absolute Gasteiger partial charge is 0.0347 e. The molecule has 18 heavy (non-hydrogen) atoms. The van der Waals surface area contributed by atoms with Gasteiger partial charge in [-0.25, -0.2) is 0 Å². The molecule has 0 heterocycles. The molecule has 2 N–H and O–H groups in total. The summed E-state index contributed by atoms with van der Waals surface area (Å²) < 4.78 is 0. The van der Waals surface area contributed by atoms with Crippen molar-refractivity contribution in [3.05, 3.63) is 29.8 Å². The highest BCUT2D eigenvalue weighted by Crippen LogP contribution is 2.27. The summed E-state index contributed by atoms with van der Waals surface area (Å²) in [6, 6.07) is 9.11. The fourth-order valence-corrected chi connectivity index (χ4v) is 2.37. The van der Waals surface area contributed by atoms with Gasteiger partial charge in [-0.3, -0.25) is 0 Å². The van der Waals surface area contributed by atoms with Crippen LogP contribution >= 0.6 is 0 Å². The summed E-state index contributed by atoms with van der Waals surface area (Å²) in [4.78, 5) is 2.66. The Morgan fingerprint density at radius 3 is 2.56 bits per heavy atom. The SMILES string of the molecule is CC(C)CCN(CCc1ccccc1N)C1CC1. The standard InChI is InChI=1S/C16H26N2/c1-13(2)9-11-18(15-7-8-15)12-10-14-5-3-4-6-16(14)17/h3-6,13,15H,7-12,17H2,1-2H3. The number of nitrogen functional groups attached to an aromatic ring is 1. The molecule has 100 valence electrons. The van der Waals surface area contributed by atoms with E-state index in [-0.39, 0.29) is 0 Å². The molecule has 0 radical (unpaired) electrons. The lowest BCUT2D eigenvalue weighted by molar-refractivity contribution is 0.251. The molecule has 0 aromatic heterocycles. The fourth-order valence-electron chi connectivity index (χ4n) is 2.37. The number of hydrogen-bond donors (Lipinski definition) is 1. The first-order valence-corrected chi connectivity index (χ1v) is 7.24. The van der Waals surface area contributed by atoms with Crippen molar-refractivity contribution < 1.29 is 0 Å². The van der Waals surface area contributed by atoms with Crippen LogP contribution in [-0.2, 0) is 6.42 Å². The van der Waals surface area contributed by atoms with Gasteiger partial charge in [0.1, 0.15) is 0 Å². The molecule has 2 nitrogen and oxygen atoms in total. The van der Waals surface area contributed by atoms with Crippen molar-refractivity contribution in [1.82, 2.24) is 4.90 Å². The van der Waals surface area contributed by atoms with Gasteiger partial charge in [-0.15, -0.1) is 0 Å². The van der Waals surface area contributed by atoms with Crippen molar-refractivity contribution in [2.75, 3.05) is 18.8 Å². The Morgan fingerprint density at radius 2 is 1.94 bits per heavy atom. The van der Waals surface area contributed by atoms with Gasteiger partial charge in [0.2, 0.25) is 0 Å². The van der Waals surface area contributed by atoms with Gasteiger partial charge in [-0.1, -0.05) is 32.0 Å². The third-order valence-corrected chi connectivity index (χ3v) is 3.78. The number of nitrogens with two attached hydrogens (primary N) is 1. The van der Waals surface area contributed by atoms with Gasteiger partial charge in [-0.2, -0.15) is 0 Å². The summed E-state index contributed by atoms with van der Waals surface area (Å²) in [6.07, 6.45) is 5.17. The van der Waals surface area contributed by atoms with Gasteiger partial charge in [0.25, 0.3) is 0 Å². The maximum absolute atomic E-state index is 6.00. The molecule has 1 aliphatic carbocycles. The Bertz CT molecular complexity index is 369. The average molecular weight is 246 g/mol. The summed E-state index contributed by atoms with van der Waals surface area (Å²) in [5, 5.41) is 0. The highest BCUT2D eigenvalue weighted by Gasteiger charge is 2.28. The third kappa shape index (κ3) is 4.02. The Labute approximate surface area is 111 Å². The number of nitrogens with zero attached hydrogens (tertiary/aromatic N) is 1. The van der Waals surface area contributed by atoms with Crippen molar-refractivity contribution in [1.29, 1.82) is 0 Å². The van der Waals surface area contributed by atoms with E-state index in [0.717, 1.165) is 30.6 Å². The van der Waals surface area contributed by atoms with E-state index in [0.29, 0.717) is 0 Å². The third-order valence-electron chi connectivity index (χ3n) is 3.78. The number of benzene rings is 1. The Hall–Kier alpha value is -1.02. The first-order valence-electron chi connectivity index (χ1n) is 7.24. The lowest BCUT2D eigenvalue weighted by atomic mass is 10.1. The molecule has 0 spiro atoms. The van der Waals surface area contributed by atoms with Crippen LogP contribution in [0.2, 0.25) is 0 Å². The van der Waals surface area contributed by atoms with E-state index >= 15 is 0 Å². The van der Waals surface area contributed by atoms with E-state index in [4.69, 9.17) is 5.73 Å². The monoisotopic (exact) mass is 246 g/mol. The molecular weight excluding hydrogens is 220 g/mol.